The first-order chi connectivity index (χ1) is 13.4. The van der Waals surface area contributed by atoms with Crippen LogP contribution < -0.4 is 5.32 Å². The van der Waals surface area contributed by atoms with Gasteiger partial charge in [-0.1, -0.05) is 29.8 Å². The Morgan fingerprint density at radius 3 is 2.46 bits per heavy atom. The predicted molar refractivity (Wildman–Crippen MR) is 107 cm³/mol. The van der Waals surface area contributed by atoms with E-state index >= 15 is 0 Å². The first-order valence-electron chi connectivity index (χ1n) is 9.26. The Hall–Kier alpha value is -2.71. The molecule has 8 heteroatoms. The fourth-order valence-corrected chi connectivity index (χ4v) is 4.92. The van der Waals surface area contributed by atoms with Crippen LogP contribution in [0.5, 0.6) is 0 Å². The van der Waals surface area contributed by atoms with Crippen molar-refractivity contribution in [1.82, 2.24) is 14.3 Å². The molecule has 2 aromatic carbocycles. The van der Waals surface area contributed by atoms with E-state index in [1.54, 1.807) is 24.3 Å². The molecule has 1 aliphatic rings. The summed E-state index contributed by atoms with van der Waals surface area (Å²) in [6, 6.07) is 14.4. The van der Waals surface area contributed by atoms with Crippen LogP contribution >= 0.6 is 0 Å². The third-order valence-corrected chi connectivity index (χ3v) is 7.03. The highest BCUT2D eigenvalue weighted by Gasteiger charge is 2.32. The average Bonchev–Trinajstić information content (AvgIpc) is 3.10. The number of amides is 1. The smallest absolute Gasteiger partial charge is 0.243 e. The Morgan fingerprint density at radius 2 is 1.79 bits per heavy atom. The van der Waals surface area contributed by atoms with Crippen LogP contribution in [0.1, 0.15) is 18.4 Å². The lowest BCUT2D eigenvalue weighted by Crippen LogP contribution is -2.41. The highest BCUT2D eigenvalue weighted by atomic mass is 32.2. The number of para-hydroxylation sites is 2. The maximum Gasteiger partial charge on any atom is 0.243 e. The van der Waals surface area contributed by atoms with Gasteiger partial charge in [0.15, 0.2) is 0 Å². The van der Waals surface area contributed by atoms with Crippen molar-refractivity contribution in [1.29, 1.82) is 0 Å². The molecule has 3 aromatic rings. The van der Waals surface area contributed by atoms with Crippen molar-refractivity contribution < 1.29 is 13.2 Å². The van der Waals surface area contributed by atoms with E-state index in [1.807, 2.05) is 31.2 Å². The van der Waals surface area contributed by atoms with Crippen LogP contribution in [-0.2, 0) is 14.8 Å². The van der Waals surface area contributed by atoms with Crippen LogP contribution in [0.15, 0.2) is 53.4 Å². The average molecular weight is 398 g/mol. The second-order valence-electron chi connectivity index (χ2n) is 7.08. The molecule has 28 heavy (non-hydrogen) atoms. The van der Waals surface area contributed by atoms with E-state index < -0.39 is 10.0 Å². The number of anilines is 1. The topological polar surface area (TPSA) is 95.2 Å². The van der Waals surface area contributed by atoms with E-state index in [0.717, 1.165) is 16.6 Å². The lowest BCUT2D eigenvalue weighted by molar-refractivity contribution is -0.120. The summed E-state index contributed by atoms with van der Waals surface area (Å²) in [7, 11) is -3.52. The molecule has 1 amide bonds. The summed E-state index contributed by atoms with van der Waals surface area (Å²) in [4.78, 5) is 20.3. The van der Waals surface area contributed by atoms with E-state index in [-0.39, 0.29) is 11.8 Å². The molecule has 2 heterocycles. The Kier molecular flexibility index (Phi) is 4.91. The van der Waals surface area contributed by atoms with Gasteiger partial charge in [-0.05, 0) is 44.0 Å². The minimum absolute atomic E-state index is 0.133. The Morgan fingerprint density at radius 1 is 1.11 bits per heavy atom. The van der Waals surface area contributed by atoms with Gasteiger partial charge in [0.2, 0.25) is 21.9 Å². The van der Waals surface area contributed by atoms with Crippen molar-refractivity contribution in [3.63, 3.8) is 0 Å². The molecule has 0 unspecified atom stereocenters. The zero-order valence-electron chi connectivity index (χ0n) is 15.6. The number of carbonyl (C=O) groups excluding carboxylic acids is 1. The van der Waals surface area contributed by atoms with Gasteiger partial charge in [-0.15, -0.1) is 0 Å². The Balaban J connectivity index is 1.39. The molecular weight excluding hydrogens is 376 g/mol. The number of nitrogens with zero attached hydrogens (tertiary/aromatic N) is 2. The van der Waals surface area contributed by atoms with Crippen molar-refractivity contribution in [2.24, 2.45) is 5.92 Å². The van der Waals surface area contributed by atoms with Crippen molar-refractivity contribution in [3.8, 4) is 0 Å². The second-order valence-corrected chi connectivity index (χ2v) is 9.02. The summed E-state index contributed by atoms with van der Waals surface area (Å²) in [5, 5.41) is 2.82. The maximum absolute atomic E-state index is 12.8. The molecular formula is C20H22N4O3S. The number of benzene rings is 2. The first-order valence-corrected chi connectivity index (χ1v) is 10.7. The van der Waals surface area contributed by atoms with E-state index in [0.29, 0.717) is 36.8 Å². The molecule has 1 aromatic heterocycles. The summed E-state index contributed by atoms with van der Waals surface area (Å²) in [5.74, 6) is 0.0463. The lowest BCUT2D eigenvalue weighted by Gasteiger charge is -2.30. The number of sulfonamides is 1. The number of hydrogen-bond donors (Lipinski definition) is 2. The van der Waals surface area contributed by atoms with Crippen molar-refractivity contribution in [2.45, 2.75) is 24.7 Å². The van der Waals surface area contributed by atoms with E-state index in [4.69, 9.17) is 0 Å². The molecule has 1 aliphatic heterocycles. The molecule has 2 N–H and O–H groups in total. The summed E-state index contributed by atoms with van der Waals surface area (Å²) < 4.78 is 27.0. The van der Waals surface area contributed by atoms with Gasteiger partial charge < -0.3 is 4.98 Å². The van der Waals surface area contributed by atoms with E-state index in [9.17, 15) is 13.2 Å². The van der Waals surface area contributed by atoms with Gasteiger partial charge in [-0.3, -0.25) is 10.1 Å². The van der Waals surface area contributed by atoms with Gasteiger partial charge in [0.25, 0.3) is 0 Å². The summed E-state index contributed by atoms with van der Waals surface area (Å²) >= 11 is 0. The molecule has 0 radical (unpaired) electrons. The number of piperidine rings is 1. The predicted octanol–water partition coefficient (Wildman–Crippen LogP) is 2.91. The number of aryl methyl sites for hydroxylation is 1. The number of aromatic nitrogens is 2. The number of aromatic amines is 1. The van der Waals surface area contributed by atoms with Crippen LogP contribution in [0, 0.1) is 12.8 Å². The zero-order chi connectivity index (χ0) is 19.7. The van der Waals surface area contributed by atoms with Crippen LogP contribution in [0.2, 0.25) is 0 Å². The van der Waals surface area contributed by atoms with Crippen molar-refractivity contribution >= 4 is 32.9 Å². The summed E-state index contributed by atoms with van der Waals surface area (Å²) in [6.45, 7) is 2.57. The SMILES string of the molecule is Cc1ccc(S(=O)(=O)N2CCC(C(=O)Nc3nc4ccccc4[nH]3)CC2)cc1. The highest BCUT2D eigenvalue weighted by molar-refractivity contribution is 7.89. The van der Waals surface area contributed by atoms with Gasteiger partial charge in [-0.2, -0.15) is 4.31 Å². The first kappa shape index (κ1) is 18.6. The second kappa shape index (κ2) is 7.37. The van der Waals surface area contributed by atoms with Gasteiger partial charge in [-0.25, -0.2) is 13.4 Å². The molecule has 1 saturated heterocycles. The van der Waals surface area contributed by atoms with Gasteiger partial charge in [0.05, 0.1) is 15.9 Å². The monoisotopic (exact) mass is 398 g/mol. The van der Waals surface area contributed by atoms with Gasteiger partial charge in [0.1, 0.15) is 0 Å². The van der Waals surface area contributed by atoms with E-state index in [2.05, 4.69) is 15.3 Å². The van der Waals surface area contributed by atoms with Crippen molar-refractivity contribution in [2.75, 3.05) is 18.4 Å². The summed E-state index contributed by atoms with van der Waals surface area (Å²) in [6.07, 6.45) is 0.967. The van der Waals surface area contributed by atoms with Crippen molar-refractivity contribution in [3.05, 3.63) is 54.1 Å². The number of H-pyrrole nitrogens is 1. The standard InChI is InChI=1S/C20H22N4O3S/c1-14-6-8-16(9-7-14)28(26,27)24-12-10-15(11-13-24)19(25)23-20-21-17-4-2-3-5-18(17)22-20/h2-9,15H,10-13H2,1H3,(H2,21,22,23,25). The number of imidazole rings is 1. The quantitative estimate of drug-likeness (QED) is 0.706. The van der Waals surface area contributed by atoms with Crippen LogP contribution in [0.4, 0.5) is 5.95 Å². The molecule has 0 saturated carbocycles. The van der Waals surface area contributed by atoms with Gasteiger partial charge >= 0.3 is 0 Å². The maximum atomic E-state index is 12.8. The molecule has 0 spiro atoms. The number of nitrogens with one attached hydrogen (secondary N) is 2. The molecule has 1 fully saturated rings. The largest absolute Gasteiger partial charge is 0.324 e. The third-order valence-electron chi connectivity index (χ3n) is 5.11. The number of fused-ring (bicyclic) bond motifs is 1. The highest BCUT2D eigenvalue weighted by Crippen LogP contribution is 2.25. The summed E-state index contributed by atoms with van der Waals surface area (Å²) in [5.41, 5.74) is 2.66. The normalized spacial score (nSPS) is 16.3. The molecule has 146 valence electrons. The Bertz CT molecular complexity index is 1060. The minimum Gasteiger partial charge on any atom is -0.324 e. The molecule has 0 bridgehead atoms. The Labute approximate surface area is 163 Å². The number of carbonyl (C=O) groups is 1. The number of hydrogen-bond acceptors (Lipinski definition) is 4. The lowest BCUT2D eigenvalue weighted by atomic mass is 9.97. The molecule has 0 aliphatic carbocycles. The molecule has 0 atom stereocenters. The molecule has 4 rings (SSSR count). The van der Waals surface area contributed by atoms with Crippen LogP contribution in [-0.4, -0.2) is 41.7 Å². The fourth-order valence-electron chi connectivity index (χ4n) is 3.45. The minimum atomic E-state index is -3.52. The fraction of sp³-hybridized carbons (Fsp3) is 0.300. The van der Waals surface area contributed by atoms with E-state index in [1.165, 1.54) is 4.31 Å². The molecule has 7 nitrogen and oxygen atoms in total. The zero-order valence-corrected chi connectivity index (χ0v) is 16.4. The van der Waals surface area contributed by atoms with Crippen LogP contribution in [0.3, 0.4) is 0 Å². The van der Waals surface area contributed by atoms with Crippen LogP contribution in [0.25, 0.3) is 11.0 Å². The number of rotatable bonds is 4. The third kappa shape index (κ3) is 3.65. The van der Waals surface area contributed by atoms with Gasteiger partial charge in [0, 0.05) is 19.0 Å².